The summed E-state index contributed by atoms with van der Waals surface area (Å²) in [6.07, 6.45) is 3.96. The summed E-state index contributed by atoms with van der Waals surface area (Å²) in [5.74, 6) is 0. The van der Waals surface area contributed by atoms with Crippen LogP contribution in [0, 0.1) is 0 Å². The van der Waals surface area contributed by atoms with Crippen molar-refractivity contribution in [2.45, 2.75) is 54.6 Å². The molecule has 2 bridgehead atoms. The van der Waals surface area contributed by atoms with E-state index >= 15 is 0 Å². The molecule has 4 nitrogen and oxygen atoms in total. The maximum absolute atomic E-state index is 13.0. The van der Waals surface area contributed by atoms with E-state index in [4.69, 9.17) is 0 Å². The molecule has 2 fully saturated rings. The van der Waals surface area contributed by atoms with Crippen LogP contribution in [0.15, 0.2) is 34.1 Å². The fourth-order valence-electron chi connectivity index (χ4n) is 3.58. The van der Waals surface area contributed by atoms with E-state index in [1.54, 1.807) is 28.2 Å². The second-order valence-corrected chi connectivity index (χ2v) is 9.17. The summed E-state index contributed by atoms with van der Waals surface area (Å²) in [4.78, 5) is 3.93. The van der Waals surface area contributed by atoms with Crippen LogP contribution in [0.1, 0.15) is 26.7 Å². The van der Waals surface area contributed by atoms with Gasteiger partial charge in [-0.2, -0.15) is 4.31 Å². The van der Waals surface area contributed by atoms with E-state index in [1.807, 2.05) is 18.4 Å². The van der Waals surface area contributed by atoms with Crippen molar-refractivity contribution in [2.24, 2.45) is 0 Å². The molecule has 2 aliphatic heterocycles. The third-order valence-corrected chi connectivity index (χ3v) is 7.57. The maximum Gasteiger partial charge on any atom is 0.243 e. The maximum atomic E-state index is 13.0. The second kappa shape index (κ2) is 6.15. The monoisotopic (exact) mass is 340 g/mol. The Bertz CT molecular complexity index is 614. The highest BCUT2D eigenvalue weighted by Crippen LogP contribution is 2.36. The number of piperazine rings is 1. The molecule has 0 radical (unpaired) electrons. The first-order valence-electron chi connectivity index (χ1n) is 7.85. The molecule has 0 saturated carbocycles. The number of rotatable bonds is 4. The van der Waals surface area contributed by atoms with Crippen LogP contribution in [-0.2, 0) is 10.0 Å². The highest BCUT2D eigenvalue weighted by molar-refractivity contribution is 7.98. The number of benzene rings is 1. The number of thioether (sulfide) groups is 1. The van der Waals surface area contributed by atoms with Crippen molar-refractivity contribution in [3.63, 3.8) is 0 Å². The lowest BCUT2D eigenvalue weighted by Crippen LogP contribution is -2.57. The molecule has 2 unspecified atom stereocenters. The van der Waals surface area contributed by atoms with Crippen molar-refractivity contribution < 1.29 is 8.42 Å². The van der Waals surface area contributed by atoms with E-state index in [1.165, 1.54) is 0 Å². The quantitative estimate of drug-likeness (QED) is 0.790. The van der Waals surface area contributed by atoms with Gasteiger partial charge in [-0.15, -0.1) is 11.8 Å². The Labute approximate surface area is 137 Å². The molecule has 6 heteroatoms. The van der Waals surface area contributed by atoms with Crippen molar-refractivity contribution in [3.8, 4) is 0 Å². The third-order valence-electron chi connectivity index (χ3n) is 4.81. The largest absolute Gasteiger partial charge is 0.298 e. The summed E-state index contributed by atoms with van der Waals surface area (Å²) >= 11 is 1.63. The third kappa shape index (κ3) is 2.82. The van der Waals surface area contributed by atoms with Gasteiger partial charge in [-0.25, -0.2) is 8.42 Å². The number of hydrogen-bond acceptors (Lipinski definition) is 4. The molecule has 2 atom stereocenters. The van der Waals surface area contributed by atoms with Crippen molar-refractivity contribution in [3.05, 3.63) is 24.3 Å². The van der Waals surface area contributed by atoms with Crippen LogP contribution in [0.5, 0.6) is 0 Å². The fraction of sp³-hybridized carbons (Fsp3) is 0.625. The summed E-state index contributed by atoms with van der Waals surface area (Å²) < 4.78 is 27.8. The number of nitrogens with zero attached hydrogens (tertiary/aromatic N) is 2. The van der Waals surface area contributed by atoms with Gasteiger partial charge < -0.3 is 0 Å². The van der Waals surface area contributed by atoms with Gasteiger partial charge in [0.1, 0.15) is 0 Å². The number of hydrogen-bond donors (Lipinski definition) is 0. The predicted molar refractivity (Wildman–Crippen MR) is 90.8 cm³/mol. The van der Waals surface area contributed by atoms with Crippen LogP contribution in [0.2, 0.25) is 0 Å². The van der Waals surface area contributed by atoms with Gasteiger partial charge in [0.05, 0.1) is 4.90 Å². The molecule has 2 saturated heterocycles. The molecule has 0 aliphatic carbocycles. The Morgan fingerprint density at radius 3 is 2.09 bits per heavy atom. The van der Waals surface area contributed by atoms with Crippen molar-refractivity contribution in [1.82, 2.24) is 9.21 Å². The first kappa shape index (κ1) is 16.3. The van der Waals surface area contributed by atoms with E-state index < -0.39 is 10.0 Å². The molecular weight excluding hydrogens is 316 g/mol. The zero-order valence-electron chi connectivity index (χ0n) is 13.4. The highest BCUT2D eigenvalue weighted by atomic mass is 32.2. The lowest BCUT2D eigenvalue weighted by atomic mass is 10.2. The molecule has 1 aromatic carbocycles. The molecule has 2 heterocycles. The molecule has 0 amide bonds. The Kier molecular flexibility index (Phi) is 4.56. The lowest BCUT2D eigenvalue weighted by Gasteiger charge is -2.41. The molecule has 0 aromatic heterocycles. The van der Waals surface area contributed by atoms with Crippen molar-refractivity contribution in [1.29, 1.82) is 0 Å². The summed E-state index contributed by atoms with van der Waals surface area (Å²) in [6, 6.07) is 8.02. The Hall–Kier alpha value is -0.560. The van der Waals surface area contributed by atoms with Crippen LogP contribution in [-0.4, -0.2) is 55.1 Å². The van der Waals surface area contributed by atoms with Crippen LogP contribution < -0.4 is 0 Å². The summed E-state index contributed by atoms with van der Waals surface area (Å²) in [5, 5.41) is 0. The van der Waals surface area contributed by atoms with Gasteiger partial charge >= 0.3 is 0 Å². The SMILES string of the molecule is CSc1ccc(S(=O)(=O)N2C3CCC2CN(C(C)C)C3)cc1. The molecule has 0 spiro atoms. The van der Waals surface area contributed by atoms with Crippen molar-refractivity contribution >= 4 is 21.8 Å². The van der Waals surface area contributed by atoms with Gasteiger partial charge in [-0.05, 0) is 57.2 Å². The van der Waals surface area contributed by atoms with Gasteiger partial charge in [0.25, 0.3) is 0 Å². The fourth-order valence-corrected chi connectivity index (χ4v) is 5.84. The Morgan fingerprint density at radius 1 is 1.09 bits per heavy atom. The van der Waals surface area contributed by atoms with Gasteiger partial charge in [-0.1, -0.05) is 0 Å². The molecule has 122 valence electrons. The smallest absolute Gasteiger partial charge is 0.243 e. The van der Waals surface area contributed by atoms with E-state index in [2.05, 4.69) is 18.7 Å². The van der Waals surface area contributed by atoms with E-state index in [0.717, 1.165) is 30.8 Å². The minimum absolute atomic E-state index is 0.131. The zero-order chi connectivity index (χ0) is 15.9. The lowest BCUT2D eigenvalue weighted by molar-refractivity contribution is 0.103. The molecule has 22 heavy (non-hydrogen) atoms. The predicted octanol–water partition coefficient (Wildman–Crippen LogP) is 2.65. The molecular formula is C16H24N2O2S2. The van der Waals surface area contributed by atoms with Crippen LogP contribution in [0.4, 0.5) is 0 Å². The average molecular weight is 341 g/mol. The topological polar surface area (TPSA) is 40.6 Å². The van der Waals surface area contributed by atoms with Gasteiger partial charge in [0, 0.05) is 36.1 Å². The molecule has 3 rings (SSSR count). The Morgan fingerprint density at radius 2 is 1.64 bits per heavy atom. The number of sulfonamides is 1. The molecule has 0 N–H and O–H groups in total. The van der Waals surface area contributed by atoms with Gasteiger partial charge in [0.2, 0.25) is 10.0 Å². The minimum atomic E-state index is -3.37. The minimum Gasteiger partial charge on any atom is -0.298 e. The standard InChI is InChI=1S/C16H24N2O2S2/c1-12(2)17-10-13-4-5-14(11-17)18(13)22(19,20)16-8-6-15(21-3)7-9-16/h6-9,12-14H,4-5,10-11H2,1-3H3. The highest BCUT2D eigenvalue weighted by Gasteiger charge is 2.46. The van der Waals surface area contributed by atoms with Gasteiger partial charge in [-0.3, -0.25) is 4.90 Å². The van der Waals surface area contributed by atoms with E-state index in [-0.39, 0.29) is 12.1 Å². The zero-order valence-corrected chi connectivity index (χ0v) is 15.0. The van der Waals surface area contributed by atoms with Gasteiger partial charge in [0.15, 0.2) is 0 Å². The molecule has 1 aromatic rings. The van der Waals surface area contributed by atoms with Crippen molar-refractivity contribution in [2.75, 3.05) is 19.3 Å². The Balaban J connectivity index is 1.87. The number of fused-ring (bicyclic) bond motifs is 2. The molecule has 2 aliphatic rings. The summed E-state index contributed by atoms with van der Waals surface area (Å²) in [7, 11) is -3.37. The van der Waals surface area contributed by atoms with Crippen LogP contribution in [0.25, 0.3) is 0 Å². The van der Waals surface area contributed by atoms with E-state index in [0.29, 0.717) is 10.9 Å². The first-order valence-corrected chi connectivity index (χ1v) is 10.5. The number of likely N-dealkylation sites (tertiary alicyclic amines) is 1. The van der Waals surface area contributed by atoms with E-state index in [9.17, 15) is 8.42 Å². The summed E-state index contributed by atoms with van der Waals surface area (Å²) in [6.45, 7) is 6.09. The normalized spacial score (nSPS) is 26.7. The summed E-state index contributed by atoms with van der Waals surface area (Å²) in [5.41, 5.74) is 0. The van der Waals surface area contributed by atoms with Crippen LogP contribution in [0.3, 0.4) is 0 Å². The average Bonchev–Trinajstić information content (AvgIpc) is 2.79. The van der Waals surface area contributed by atoms with Crippen LogP contribution >= 0.6 is 11.8 Å². The second-order valence-electron chi connectivity index (χ2n) is 6.44. The first-order chi connectivity index (χ1) is 10.4.